The number of unbranched alkanes of at least 4 members (excludes halogenated alkanes) is 2. The second-order valence-corrected chi connectivity index (χ2v) is 9.76. The number of pyridine rings is 1. The summed E-state index contributed by atoms with van der Waals surface area (Å²) in [6.45, 7) is 7.38. The van der Waals surface area contributed by atoms with Crippen LogP contribution in [0, 0.1) is 0 Å². The van der Waals surface area contributed by atoms with Crippen molar-refractivity contribution in [1.82, 2.24) is 15.0 Å². The minimum Gasteiger partial charge on any atom is -0.313 e. The Kier molecular flexibility index (Phi) is 6.93. The number of sulfonamides is 1. The number of nitrogens with one attached hydrogen (secondary N) is 2. The van der Waals surface area contributed by atoms with Gasteiger partial charge in [0, 0.05) is 24.7 Å². The highest BCUT2D eigenvalue weighted by Crippen LogP contribution is 2.16. The predicted octanol–water partition coefficient (Wildman–Crippen LogP) is 3.21. The number of fused-ring (bicyclic) bond motifs is 1. The van der Waals surface area contributed by atoms with Gasteiger partial charge in [0.25, 0.3) is 0 Å². The van der Waals surface area contributed by atoms with Crippen molar-refractivity contribution in [2.45, 2.75) is 51.3 Å². The normalized spacial score (nSPS) is 12.6. The minimum absolute atomic E-state index is 0.509. The lowest BCUT2D eigenvalue weighted by Gasteiger charge is -2.19. The molecule has 0 radical (unpaired) electrons. The van der Waals surface area contributed by atoms with Gasteiger partial charge in [-0.2, -0.15) is 0 Å². The van der Waals surface area contributed by atoms with Crippen LogP contribution in [0.4, 0.5) is 0 Å². The van der Waals surface area contributed by atoms with Gasteiger partial charge in [-0.05, 0) is 57.9 Å². The molecule has 25 heavy (non-hydrogen) atoms. The zero-order valence-electron chi connectivity index (χ0n) is 15.4. The highest BCUT2D eigenvalue weighted by molar-refractivity contribution is 7.90. The van der Waals surface area contributed by atoms with Crippen LogP contribution in [0.25, 0.3) is 10.9 Å². The fourth-order valence-corrected chi connectivity index (χ4v) is 3.35. The van der Waals surface area contributed by atoms with Gasteiger partial charge < -0.3 is 5.32 Å². The number of nitrogens with zero attached hydrogens (tertiary/aromatic N) is 1. The first kappa shape index (κ1) is 19.8. The minimum atomic E-state index is -3.22. The molecule has 6 heteroatoms. The summed E-state index contributed by atoms with van der Waals surface area (Å²) in [7, 11) is -3.22. The number of rotatable bonds is 9. The average Bonchev–Trinajstić information content (AvgIpc) is 2.56. The molecule has 5 nitrogen and oxygen atoms in total. The van der Waals surface area contributed by atoms with Gasteiger partial charge in [0.2, 0.25) is 10.0 Å². The average molecular weight is 364 g/mol. The molecule has 138 valence electrons. The van der Waals surface area contributed by atoms with Crippen molar-refractivity contribution in [2.24, 2.45) is 0 Å². The number of hydrogen-bond donors (Lipinski definition) is 2. The van der Waals surface area contributed by atoms with Crippen LogP contribution in [0.2, 0.25) is 0 Å². The van der Waals surface area contributed by atoms with Crippen LogP contribution in [-0.2, 0) is 16.6 Å². The Morgan fingerprint density at radius 1 is 1.00 bits per heavy atom. The van der Waals surface area contributed by atoms with Gasteiger partial charge in [0.15, 0.2) is 0 Å². The van der Waals surface area contributed by atoms with E-state index in [4.69, 9.17) is 0 Å². The van der Waals surface area contributed by atoms with Crippen molar-refractivity contribution < 1.29 is 8.42 Å². The Hall–Kier alpha value is -1.50. The molecular weight excluding hydrogens is 334 g/mol. The van der Waals surface area contributed by atoms with Gasteiger partial charge in [0.1, 0.15) is 0 Å². The third kappa shape index (κ3) is 5.76. The summed E-state index contributed by atoms with van der Waals surface area (Å²) in [4.78, 5) is 4.37. The smallest absolute Gasteiger partial charge is 0.216 e. The Morgan fingerprint density at radius 3 is 2.48 bits per heavy atom. The SMILES string of the molecule is CC(C)(C)S(=O)(=O)NCCCCCNCc1ccnc2ccccc12. The quantitative estimate of drug-likeness (QED) is 0.671. The highest BCUT2D eigenvalue weighted by atomic mass is 32.2. The largest absolute Gasteiger partial charge is 0.313 e. The Morgan fingerprint density at radius 2 is 1.72 bits per heavy atom. The van der Waals surface area contributed by atoms with E-state index < -0.39 is 14.8 Å². The van der Waals surface area contributed by atoms with E-state index >= 15 is 0 Å². The summed E-state index contributed by atoms with van der Waals surface area (Å²) in [5, 5.41) is 4.65. The van der Waals surface area contributed by atoms with E-state index in [1.54, 1.807) is 20.8 Å². The summed E-state index contributed by atoms with van der Waals surface area (Å²) in [6, 6.07) is 10.2. The highest BCUT2D eigenvalue weighted by Gasteiger charge is 2.27. The van der Waals surface area contributed by atoms with Crippen molar-refractivity contribution >= 4 is 20.9 Å². The molecule has 1 aromatic heterocycles. The third-order valence-corrected chi connectivity index (χ3v) is 6.38. The third-order valence-electron chi connectivity index (χ3n) is 4.18. The van der Waals surface area contributed by atoms with Gasteiger partial charge in [-0.3, -0.25) is 4.98 Å². The molecule has 0 amide bonds. The zero-order chi connectivity index (χ0) is 18.3. The van der Waals surface area contributed by atoms with E-state index in [-0.39, 0.29) is 0 Å². The second-order valence-electron chi connectivity index (χ2n) is 7.23. The van der Waals surface area contributed by atoms with Crippen LogP contribution in [0.5, 0.6) is 0 Å². The summed E-state index contributed by atoms with van der Waals surface area (Å²) < 4.78 is 25.8. The molecular formula is C19H29N3O2S. The van der Waals surface area contributed by atoms with Gasteiger partial charge in [-0.1, -0.05) is 24.6 Å². The van der Waals surface area contributed by atoms with E-state index in [9.17, 15) is 8.42 Å². The molecule has 0 aliphatic carbocycles. The maximum Gasteiger partial charge on any atom is 0.216 e. The van der Waals surface area contributed by atoms with Crippen LogP contribution in [0.15, 0.2) is 36.5 Å². The second kappa shape index (κ2) is 8.74. The lowest BCUT2D eigenvalue weighted by Crippen LogP contribution is -2.39. The molecule has 1 heterocycles. The van der Waals surface area contributed by atoms with Crippen LogP contribution in [0.1, 0.15) is 45.6 Å². The van der Waals surface area contributed by atoms with Crippen molar-refractivity contribution in [3.8, 4) is 0 Å². The van der Waals surface area contributed by atoms with Crippen molar-refractivity contribution in [3.63, 3.8) is 0 Å². The Labute approximate surface area is 151 Å². The lowest BCUT2D eigenvalue weighted by molar-refractivity contribution is 0.537. The molecule has 2 N–H and O–H groups in total. The summed E-state index contributed by atoms with van der Waals surface area (Å²) in [5.41, 5.74) is 2.27. The van der Waals surface area contributed by atoms with E-state index in [2.05, 4.69) is 27.2 Å². The Balaban J connectivity index is 1.64. The van der Waals surface area contributed by atoms with E-state index in [0.29, 0.717) is 6.54 Å². The molecule has 0 spiro atoms. The van der Waals surface area contributed by atoms with Crippen molar-refractivity contribution in [1.29, 1.82) is 0 Å². The molecule has 2 rings (SSSR count). The molecule has 0 bridgehead atoms. The van der Waals surface area contributed by atoms with Gasteiger partial charge in [-0.25, -0.2) is 13.1 Å². The monoisotopic (exact) mass is 363 g/mol. The molecule has 0 fully saturated rings. The first-order chi connectivity index (χ1) is 11.8. The fraction of sp³-hybridized carbons (Fsp3) is 0.526. The maximum atomic E-state index is 11.9. The van der Waals surface area contributed by atoms with E-state index in [1.165, 1.54) is 10.9 Å². The molecule has 2 aromatic rings. The van der Waals surface area contributed by atoms with Gasteiger partial charge in [-0.15, -0.1) is 0 Å². The first-order valence-corrected chi connectivity index (χ1v) is 10.3. The van der Waals surface area contributed by atoms with E-state index in [0.717, 1.165) is 37.9 Å². The molecule has 0 aliphatic rings. The molecule has 0 saturated carbocycles. The van der Waals surface area contributed by atoms with Crippen molar-refractivity contribution in [2.75, 3.05) is 13.1 Å². The predicted molar refractivity (Wildman–Crippen MR) is 104 cm³/mol. The van der Waals surface area contributed by atoms with Crippen LogP contribution < -0.4 is 10.0 Å². The standard InChI is InChI=1S/C19H29N3O2S/c1-19(2,3)25(23,24)22-13-8-4-7-12-20-15-16-11-14-21-18-10-6-5-9-17(16)18/h5-6,9-11,14,20,22H,4,7-8,12-13,15H2,1-3H3. The van der Waals surface area contributed by atoms with Crippen LogP contribution >= 0.6 is 0 Å². The van der Waals surface area contributed by atoms with Gasteiger partial charge in [0.05, 0.1) is 10.3 Å². The summed E-state index contributed by atoms with van der Waals surface area (Å²) in [6.07, 6.45) is 4.73. The van der Waals surface area contributed by atoms with Crippen LogP contribution in [-0.4, -0.2) is 31.2 Å². The molecule has 1 aromatic carbocycles. The fourth-order valence-electron chi connectivity index (χ4n) is 2.51. The van der Waals surface area contributed by atoms with Crippen LogP contribution in [0.3, 0.4) is 0 Å². The zero-order valence-corrected chi connectivity index (χ0v) is 16.2. The molecule has 0 aliphatic heterocycles. The maximum absolute atomic E-state index is 11.9. The summed E-state index contributed by atoms with van der Waals surface area (Å²) in [5.74, 6) is 0. The topological polar surface area (TPSA) is 71.1 Å². The van der Waals surface area contributed by atoms with E-state index in [1.807, 2.05) is 24.4 Å². The molecule has 0 saturated heterocycles. The Bertz CT molecular complexity index is 777. The van der Waals surface area contributed by atoms with Crippen molar-refractivity contribution in [3.05, 3.63) is 42.1 Å². The number of aromatic nitrogens is 1. The summed E-state index contributed by atoms with van der Waals surface area (Å²) >= 11 is 0. The molecule has 0 unspecified atom stereocenters. The molecule has 0 atom stereocenters. The number of para-hydroxylation sites is 1. The van der Waals surface area contributed by atoms with Gasteiger partial charge >= 0.3 is 0 Å². The number of benzene rings is 1. The lowest BCUT2D eigenvalue weighted by atomic mass is 10.1. The first-order valence-electron chi connectivity index (χ1n) is 8.84. The number of hydrogen-bond acceptors (Lipinski definition) is 4.